The van der Waals surface area contributed by atoms with Crippen LogP contribution in [0.25, 0.3) is 10.9 Å². The lowest BCUT2D eigenvalue weighted by atomic mass is 9.83. The molecule has 1 aliphatic rings. The number of nitrogens with zero attached hydrogens (tertiary/aromatic N) is 3. The highest BCUT2D eigenvalue weighted by Gasteiger charge is 2.33. The predicted octanol–water partition coefficient (Wildman–Crippen LogP) is 3.66. The number of halogens is 2. The number of benzene rings is 1. The molecule has 1 fully saturated rings. The summed E-state index contributed by atoms with van der Waals surface area (Å²) < 4.78 is 5.53. The van der Waals surface area contributed by atoms with Gasteiger partial charge in [0.1, 0.15) is 11.9 Å². The Morgan fingerprint density at radius 2 is 2.04 bits per heavy atom. The molecule has 25 heavy (non-hydrogen) atoms. The summed E-state index contributed by atoms with van der Waals surface area (Å²) in [6.07, 6.45) is 5.59. The number of carbonyl (C=O) groups excluding carboxylic acids is 1. The summed E-state index contributed by atoms with van der Waals surface area (Å²) in [4.78, 5) is 20.4. The molecular formula is C17H16Cl2N4O2. The molecule has 0 spiro atoms. The van der Waals surface area contributed by atoms with E-state index in [1.165, 1.54) is 6.33 Å². The van der Waals surface area contributed by atoms with E-state index in [-0.39, 0.29) is 18.4 Å². The van der Waals surface area contributed by atoms with Crippen molar-refractivity contribution in [1.29, 1.82) is 5.26 Å². The standard InChI is InChI=1S/C17H16Cl2N4O2/c18-11-6-12-15(13(19)7-11)21-10-22-16(12)25-8-14(24)23-17(9-20)4-2-1-3-5-17/h6-7,10H,1-5,8H2,(H,23,24). The van der Waals surface area contributed by atoms with Gasteiger partial charge in [0.05, 0.1) is 22.0 Å². The smallest absolute Gasteiger partial charge is 0.259 e. The maximum atomic E-state index is 12.2. The van der Waals surface area contributed by atoms with Gasteiger partial charge >= 0.3 is 0 Å². The van der Waals surface area contributed by atoms with Crippen molar-refractivity contribution >= 4 is 40.0 Å². The van der Waals surface area contributed by atoms with Crippen molar-refractivity contribution in [2.75, 3.05) is 6.61 Å². The van der Waals surface area contributed by atoms with E-state index in [0.29, 0.717) is 33.8 Å². The first-order valence-corrected chi connectivity index (χ1v) is 8.73. The quantitative estimate of drug-likeness (QED) is 0.876. The Hall–Kier alpha value is -2.10. The second-order valence-electron chi connectivity index (χ2n) is 6.05. The number of rotatable bonds is 4. The maximum Gasteiger partial charge on any atom is 0.259 e. The number of ether oxygens (including phenoxy) is 1. The van der Waals surface area contributed by atoms with Crippen LogP contribution in [0.4, 0.5) is 0 Å². The van der Waals surface area contributed by atoms with Crippen LogP contribution in [-0.4, -0.2) is 28.0 Å². The third-order valence-electron chi connectivity index (χ3n) is 4.26. The summed E-state index contributed by atoms with van der Waals surface area (Å²) in [6, 6.07) is 5.45. The maximum absolute atomic E-state index is 12.2. The lowest BCUT2D eigenvalue weighted by Gasteiger charge is -2.31. The van der Waals surface area contributed by atoms with Crippen LogP contribution in [0.15, 0.2) is 18.5 Å². The minimum Gasteiger partial charge on any atom is -0.467 e. The van der Waals surface area contributed by atoms with Gasteiger partial charge in [-0.1, -0.05) is 42.5 Å². The molecule has 0 saturated heterocycles. The van der Waals surface area contributed by atoms with E-state index >= 15 is 0 Å². The first-order valence-electron chi connectivity index (χ1n) is 7.98. The fourth-order valence-corrected chi connectivity index (χ4v) is 3.58. The van der Waals surface area contributed by atoms with Crippen LogP contribution in [0, 0.1) is 11.3 Å². The normalized spacial score (nSPS) is 16.2. The number of fused-ring (bicyclic) bond motifs is 1. The average Bonchev–Trinajstić information content (AvgIpc) is 2.61. The average molecular weight is 379 g/mol. The lowest BCUT2D eigenvalue weighted by Crippen LogP contribution is -2.50. The molecule has 0 radical (unpaired) electrons. The van der Waals surface area contributed by atoms with E-state index < -0.39 is 5.54 Å². The highest BCUT2D eigenvalue weighted by Crippen LogP contribution is 2.31. The molecule has 0 unspecified atom stereocenters. The van der Waals surface area contributed by atoms with Crippen molar-refractivity contribution in [3.63, 3.8) is 0 Å². The molecule has 1 aromatic carbocycles. The number of nitriles is 1. The van der Waals surface area contributed by atoms with Crippen molar-refractivity contribution in [3.8, 4) is 11.9 Å². The molecule has 6 nitrogen and oxygen atoms in total. The van der Waals surface area contributed by atoms with Crippen molar-refractivity contribution in [2.45, 2.75) is 37.6 Å². The summed E-state index contributed by atoms with van der Waals surface area (Å²) in [5, 5.41) is 13.6. The number of amides is 1. The molecule has 3 rings (SSSR count). The predicted molar refractivity (Wildman–Crippen MR) is 94.6 cm³/mol. The van der Waals surface area contributed by atoms with Crippen molar-refractivity contribution in [2.24, 2.45) is 0 Å². The zero-order valence-corrected chi connectivity index (χ0v) is 14.9. The number of carbonyl (C=O) groups is 1. The molecule has 1 heterocycles. The van der Waals surface area contributed by atoms with Gasteiger partial charge in [-0.3, -0.25) is 4.79 Å². The van der Waals surface area contributed by atoms with Crippen LogP contribution in [-0.2, 0) is 4.79 Å². The Balaban J connectivity index is 1.72. The van der Waals surface area contributed by atoms with Crippen LogP contribution >= 0.6 is 23.2 Å². The molecule has 1 aromatic heterocycles. The number of hydrogen-bond donors (Lipinski definition) is 1. The number of hydrogen-bond acceptors (Lipinski definition) is 5. The molecule has 1 aliphatic carbocycles. The van der Waals surface area contributed by atoms with Crippen molar-refractivity contribution in [3.05, 3.63) is 28.5 Å². The Morgan fingerprint density at radius 1 is 1.28 bits per heavy atom. The van der Waals surface area contributed by atoms with E-state index in [1.807, 2.05) is 0 Å². The second-order valence-corrected chi connectivity index (χ2v) is 6.90. The monoisotopic (exact) mass is 378 g/mol. The summed E-state index contributed by atoms with van der Waals surface area (Å²) in [7, 11) is 0. The summed E-state index contributed by atoms with van der Waals surface area (Å²) in [5.41, 5.74) is -0.295. The molecule has 0 atom stereocenters. The van der Waals surface area contributed by atoms with Gasteiger partial charge in [-0.05, 0) is 25.0 Å². The SMILES string of the molecule is N#CC1(NC(=O)COc2ncnc3c(Cl)cc(Cl)cc23)CCCCC1. The molecule has 0 bridgehead atoms. The van der Waals surface area contributed by atoms with E-state index in [1.54, 1.807) is 12.1 Å². The molecule has 1 saturated carbocycles. The Bertz CT molecular complexity index is 844. The van der Waals surface area contributed by atoms with Gasteiger partial charge in [0.25, 0.3) is 5.91 Å². The topological polar surface area (TPSA) is 87.9 Å². The Labute approximate surface area is 155 Å². The van der Waals surface area contributed by atoms with Gasteiger partial charge in [-0.2, -0.15) is 5.26 Å². The molecule has 2 aromatic rings. The van der Waals surface area contributed by atoms with Crippen LogP contribution < -0.4 is 10.1 Å². The molecule has 130 valence electrons. The zero-order chi connectivity index (χ0) is 17.9. The number of nitrogens with one attached hydrogen (secondary N) is 1. The number of aromatic nitrogens is 2. The molecule has 1 N–H and O–H groups in total. The minimum atomic E-state index is -0.793. The molecular weight excluding hydrogens is 363 g/mol. The van der Waals surface area contributed by atoms with E-state index in [0.717, 1.165) is 19.3 Å². The summed E-state index contributed by atoms with van der Waals surface area (Å²) in [5.74, 6) is -0.137. The minimum absolute atomic E-state index is 0.221. The highest BCUT2D eigenvalue weighted by atomic mass is 35.5. The van der Waals surface area contributed by atoms with Crippen LogP contribution in [0.2, 0.25) is 10.0 Å². The van der Waals surface area contributed by atoms with Gasteiger partial charge in [-0.25, -0.2) is 9.97 Å². The van der Waals surface area contributed by atoms with Crippen LogP contribution in [0.3, 0.4) is 0 Å². The first-order chi connectivity index (χ1) is 12.0. The van der Waals surface area contributed by atoms with Gasteiger partial charge < -0.3 is 10.1 Å². The second kappa shape index (κ2) is 7.42. The third kappa shape index (κ3) is 3.94. The summed E-state index contributed by atoms with van der Waals surface area (Å²) >= 11 is 12.1. The van der Waals surface area contributed by atoms with Crippen LogP contribution in [0.1, 0.15) is 32.1 Å². The van der Waals surface area contributed by atoms with Crippen molar-refractivity contribution < 1.29 is 9.53 Å². The molecule has 0 aliphatic heterocycles. The molecule has 1 amide bonds. The summed E-state index contributed by atoms with van der Waals surface area (Å²) in [6.45, 7) is -0.250. The van der Waals surface area contributed by atoms with Crippen molar-refractivity contribution in [1.82, 2.24) is 15.3 Å². The Morgan fingerprint density at radius 3 is 2.76 bits per heavy atom. The van der Waals surface area contributed by atoms with Crippen LogP contribution in [0.5, 0.6) is 5.88 Å². The van der Waals surface area contributed by atoms with Gasteiger partial charge in [0.2, 0.25) is 5.88 Å². The van der Waals surface area contributed by atoms with E-state index in [2.05, 4.69) is 21.4 Å². The zero-order valence-electron chi connectivity index (χ0n) is 13.4. The van der Waals surface area contributed by atoms with E-state index in [4.69, 9.17) is 27.9 Å². The van der Waals surface area contributed by atoms with Gasteiger partial charge in [0, 0.05) is 5.02 Å². The van der Waals surface area contributed by atoms with Gasteiger partial charge in [0.15, 0.2) is 6.61 Å². The highest BCUT2D eigenvalue weighted by molar-refractivity contribution is 6.38. The van der Waals surface area contributed by atoms with E-state index in [9.17, 15) is 10.1 Å². The fraction of sp³-hybridized carbons (Fsp3) is 0.412. The van der Waals surface area contributed by atoms with Gasteiger partial charge in [-0.15, -0.1) is 0 Å². The largest absolute Gasteiger partial charge is 0.467 e. The fourth-order valence-electron chi connectivity index (χ4n) is 3.04. The molecule has 8 heteroatoms. The third-order valence-corrected chi connectivity index (χ3v) is 4.77. The lowest BCUT2D eigenvalue weighted by molar-refractivity contribution is -0.124. The Kier molecular flexibility index (Phi) is 5.26. The first kappa shape index (κ1) is 17.7.